The number of carbonyl (C=O) groups is 2. The topological polar surface area (TPSA) is 67.4 Å². The van der Waals surface area contributed by atoms with Crippen LogP contribution in [0.2, 0.25) is 0 Å². The molecule has 0 saturated heterocycles. The zero-order chi connectivity index (χ0) is 13.9. The lowest BCUT2D eigenvalue weighted by atomic mass is 10.1. The minimum atomic E-state index is -0.169. The lowest BCUT2D eigenvalue weighted by molar-refractivity contribution is -0.118. The van der Waals surface area contributed by atoms with E-state index in [4.69, 9.17) is 4.74 Å². The highest BCUT2D eigenvalue weighted by atomic mass is 32.1. The van der Waals surface area contributed by atoms with Crippen LogP contribution in [-0.4, -0.2) is 18.4 Å². The second-order valence-electron chi connectivity index (χ2n) is 4.33. The van der Waals surface area contributed by atoms with Crippen LogP contribution in [-0.2, 0) is 11.3 Å². The quantitative estimate of drug-likeness (QED) is 0.908. The molecule has 20 heavy (non-hydrogen) atoms. The molecule has 0 saturated carbocycles. The monoisotopic (exact) mass is 288 g/mol. The van der Waals surface area contributed by atoms with Gasteiger partial charge in [0.1, 0.15) is 5.75 Å². The van der Waals surface area contributed by atoms with Crippen LogP contribution in [0.25, 0.3) is 0 Å². The summed E-state index contributed by atoms with van der Waals surface area (Å²) in [5.41, 5.74) is 1.54. The number of carbonyl (C=O) groups excluding carboxylic acids is 2. The number of amides is 2. The summed E-state index contributed by atoms with van der Waals surface area (Å²) < 4.78 is 5.28. The molecule has 5 nitrogen and oxygen atoms in total. The van der Waals surface area contributed by atoms with Crippen molar-refractivity contribution in [2.24, 2.45) is 0 Å². The van der Waals surface area contributed by atoms with E-state index in [0.29, 0.717) is 22.9 Å². The molecule has 0 unspecified atom stereocenters. The average Bonchev–Trinajstić information content (AvgIpc) is 2.98. The number of rotatable bonds is 3. The molecule has 2 amide bonds. The van der Waals surface area contributed by atoms with E-state index in [9.17, 15) is 9.59 Å². The molecular formula is C14H12N2O3S. The van der Waals surface area contributed by atoms with Gasteiger partial charge in [0.25, 0.3) is 11.8 Å². The van der Waals surface area contributed by atoms with Crippen molar-refractivity contribution in [3.05, 3.63) is 46.2 Å². The molecule has 0 bridgehead atoms. The van der Waals surface area contributed by atoms with Gasteiger partial charge in [0.15, 0.2) is 6.61 Å². The van der Waals surface area contributed by atoms with E-state index in [0.717, 1.165) is 5.56 Å². The van der Waals surface area contributed by atoms with Crippen LogP contribution in [0.1, 0.15) is 15.2 Å². The molecule has 3 rings (SSSR count). The largest absolute Gasteiger partial charge is 0.482 e. The Kier molecular flexibility index (Phi) is 3.39. The highest BCUT2D eigenvalue weighted by Crippen LogP contribution is 2.28. The first kappa shape index (κ1) is 12.7. The third kappa shape index (κ3) is 2.65. The van der Waals surface area contributed by atoms with E-state index in [2.05, 4.69) is 10.6 Å². The maximum atomic E-state index is 11.8. The summed E-state index contributed by atoms with van der Waals surface area (Å²) in [5, 5.41) is 7.44. The van der Waals surface area contributed by atoms with Gasteiger partial charge in [-0.1, -0.05) is 12.1 Å². The van der Waals surface area contributed by atoms with Crippen molar-refractivity contribution >= 4 is 28.8 Å². The molecule has 1 aromatic carbocycles. The molecule has 1 aliphatic heterocycles. The van der Waals surface area contributed by atoms with Gasteiger partial charge in [-0.25, -0.2) is 0 Å². The number of fused-ring (bicyclic) bond motifs is 1. The fourth-order valence-corrected chi connectivity index (χ4v) is 2.56. The molecular weight excluding hydrogens is 276 g/mol. The van der Waals surface area contributed by atoms with Gasteiger partial charge in [0.05, 0.1) is 10.6 Å². The number of ether oxygens (including phenoxy) is 1. The predicted octanol–water partition coefficient (Wildman–Crippen LogP) is 2.01. The van der Waals surface area contributed by atoms with E-state index >= 15 is 0 Å². The van der Waals surface area contributed by atoms with E-state index < -0.39 is 0 Å². The number of nitrogens with one attached hydrogen (secondary N) is 2. The number of thiophene rings is 1. The normalized spacial score (nSPS) is 13.1. The van der Waals surface area contributed by atoms with Crippen molar-refractivity contribution in [3.63, 3.8) is 0 Å². The molecule has 0 radical (unpaired) electrons. The van der Waals surface area contributed by atoms with Crippen LogP contribution in [0.4, 0.5) is 5.69 Å². The Morgan fingerprint density at radius 2 is 2.30 bits per heavy atom. The van der Waals surface area contributed by atoms with E-state index in [1.165, 1.54) is 11.3 Å². The minimum Gasteiger partial charge on any atom is -0.482 e. The molecule has 2 aromatic rings. The number of hydrogen-bond donors (Lipinski definition) is 2. The first-order chi connectivity index (χ1) is 9.72. The van der Waals surface area contributed by atoms with Crippen molar-refractivity contribution in [1.29, 1.82) is 0 Å². The van der Waals surface area contributed by atoms with E-state index in [1.54, 1.807) is 18.2 Å². The third-order valence-corrected chi connectivity index (χ3v) is 3.74. The number of benzene rings is 1. The third-order valence-electron chi connectivity index (χ3n) is 2.87. The van der Waals surface area contributed by atoms with Gasteiger partial charge in [-0.3, -0.25) is 9.59 Å². The standard InChI is InChI=1S/C14H12N2O3S/c17-13-8-19-11-4-3-9(6-10(11)16-13)7-15-14(18)12-2-1-5-20-12/h1-6H,7-8H2,(H,15,18)(H,16,17). The SMILES string of the molecule is O=C1COc2ccc(CNC(=O)c3cccs3)cc2N1. The van der Waals surface area contributed by atoms with Crippen molar-refractivity contribution in [2.45, 2.75) is 6.54 Å². The number of anilines is 1. The van der Waals surface area contributed by atoms with Crippen molar-refractivity contribution in [2.75, 3.05) is 11.9 Å². The van der Waals surface area contributed by atoms with Crippen LogP contribution in [0.3, 0.4) is 0 Å². The molecule has 0 fully saturated rings. The summed E-state index contributed by atoms with van der Waals surface area (Å²) in [6.07, 6.45) is 0. The molecule has 0 spiro atoms. The van der Waals surface area contributed by atoms with Gasteiger partial charge in [-0.2, -0.15) is 0 Å². The Morgan fingerprint density at radius 3 is 3.10 bits per heavy atom. The second-order valence-corrected chi connectivity index (χ2v) is 5.28. The van der Waals surface area contributed by atoms with Crippen LogP contribution in [0.15, 0.2) is 35.7 Å². The first-order valence-corrected chi connectivity index (χ1v) is 6.97. The molecule has 2 N–H and O–H groups in total. The summed E-state index contributed by atoms with van der Waals surface area (Å²) in [7, 11) is 0. The van der Waals surface area contributed by atoms with E-state index in [1.807, 2.05) is 17.5 Å². The first-order valence-electron chi connectivity index (χ1n) is 6.09. The maximum absolute atomic E-state index is 11.8. The Hall–Kier alpha value is -2.34. The fraction of sp³-hybridized carbons (Fsp3) is 0.143. The van der Waals surface area contributed by atoms with Crippen molar-refractivity contribution in [3.8, 4) is 5.75 Å². The van der Waals surface area contributed by atoms with Gasteiger partial charge in [-0.15, -0.1) is 11.3 Å². The maximum Gasteiger partial charge on any atom is 0.262 e. The zero-order valence-electron chi connectivity index (χ0n) is 10.5. The Morgan fingerprint density at radius 1 is 1.40 bits per heavy atom. The van der Waals surface area contributed by atoms with Crippen LogP contribution >= 0.6 is 11.3 Å². The molecule has 1 aromatic heterocycles. The van der Waals surface area contributed by atoms with Crippen LogP contribution < -0.4 is 15.4 Å². The Balaban J connectivity index is 1.68. The molecule has 102 valence electrons. The second kappa shape index (κ2) is 5.34. The summed E-state index contributed by atoms with van der Waals surface area (Å²) in [6.45, 7) is 0.446. The van der Waals surface area contributed by atoms with Gasteiger partial charge >= 0.3 is 0 Å². The smallest absolute Gasteiger partial charge is 0.262 e. The summed E-state index contributed by atoms with van der Waals surface area (Å²) in [4.78, 5) is 23.8. The lowest BCUT2D eigenvalue weighted by Gasteiger charge is -2.18. The van der Waals surface area contributed by atoms with Gasteiger partial charge in [-0.05, 0) is 29.1 Å². The molecule has 6 heteroatoms. The number of hydrogen-bond acceptors (Lipinski definition) is 4. The minimum absolute atomic E-state index is 0.0431. The molecule has 2 heterocycles. The highest BCUT2D eigenvalue weighted by Gasteiger charge is 2.16. The van der Waals surface area contributed by atoms with Gasteiger partial charge in [0, 0.05) is 6.54 Å². The lowest BCUT2D eigenvalue weighted by Crippen LogP contribution is -2.26. The van der Waals surface area contributed by atoms with E-state index in [-0.39, 0.29) is 18.4 Å². The van der Waals surface area contributed by atoms with Crippen LogP contribution in [0, 0.1) is 0 Å². The Bertz CT molecular complexity index is 652. The van der Waals surface area contributed by atoms with Crippen molar-refractivity contribution in [1.82, 2.24) is 5.32 Å². The van der Waals surface area contributed by atoms with Gasteiger partial charge < -0.3 is 15.4 Å². The molecule has 0 atom stereocenters. The van der Waals surface area contributed by atoms with Crippen molar-refractivity contribution < 1.29 is 14.3 Å². The fourth-order valence-electron chi connectivity index (χ4n) is 1.92. The Labute approximate surface area is 119 Å². The van der Waals surface area contributed by atoms with Crippen LogP contribution in [0.5, 0.6) is 5.75 Å². The molecule has 1 aliphatic rings. The summed E-state index contributed by atoms with van der Waals surface area (Å²) >= 11 is 1.40. The summed E-state index contributed by atoms with van der Waals surface area (Å²) in [6, 6.07) is 9.08. The predicted molar refractivity (Wildman–Crippen MR) is 76.1 cm³/mol. The highest BCUT2D eigenvalue weighted by molar-refractivity contribution is 7.12. The molecule has 0 aliphatic carbocycles. The zero-order valence-corrected chi connectivity index (χ0v) is 11.3. The average molecular weight is 288 g/mol. The summed E-state index contributed by atoms with van der Waals surface area (Å²) in [5.74, 6) is 0.383. The van der Waals surface area contributed by atoms with Gasteiger partial charge in [0.2, 0.25) is 0 Å².